The number of hydrogen-bond donors (Lipinski definition) is 2. The van der Waals surface area contributed by atoms with Crippen molar-refractivity contribution in [1.29, 1.82) is 0 Å². The molecule has 3 heterocycles. The molecular formula is C25H32N4O3S. The van der Waals surface area contributed by atoms with Gasteiger partial charge in [-0.25, -0.2) is 0 Å². The second-order valence-corrected chi connectivity index (χ2v) is 9.69. The maximum absolute atomic E-state index is 11.0. The van der Waals surface area contributed by atoms with Gasteiger partial charge in [0.15, 0.2) is 0 Å². The summed E-state index contributed by atoms with van der Waals surface area (Å²) in [6.45, 7) is 3.07. The zero-order chi connectivity index (χ0) is 23.0. The number of rotatable bonds is 10. The van der Waals surface area contributed by atoms with Gasteiger partial charge in [-0.15, -0.1) is 16.9 Å². The van der Waals surface area contributed by atoms with Gasteiger partial charge >= 0.3 is 0 Å². The van der Waals surface area contributed by atoms with Crippen LogP contribution in [0.2, 0.25) is 0 Å². The highest BCUT2D eigenvalue weighted by Crippen LogP contribution is 2.33. The Hall–Kier alpha value is -2.26. The molecule has 0 spiro atoms. The number of benzene rings is 1. The van der Waals surface area contributed by atoms with E-state index >= 15 is 0 Å². The van der Waals surface area contributed by atoms with Crippen LogP contribution >= 0.6 is 11.8 Å². The monoisotopic (exact) mass is 468 g/mol. The Bertz CT molecular complexity index is 1020. The van der Waals surface area contributed by atoms with Crippen molar-refractivity contribution in [3.63, 3.8) is 0 Å². The first-order chi connectivity index (χ1) is 16.2. The van der Waals surface area contributed by atoms with E-state index in [9.17, 15) is 10.2 Å². The molecular weight excluding hydrogens is 436 g/mol. The van der Waals surface area contributed by atoms with Crippen LogP contribution in [0.25, 0.3) is 10.9 Å². The number of likely N-dealkylation sites (tertiary alicyclic amines) is 1. The van der Waals surface area contributed by atoms with Crippen LogP contribution in [0.5, 0.6) is 5.75 Å². The molecule has 0 amide bonds. The molecule has 3 aromatic rings. The zero-order valence-electron chi connectivity index (χ0n) is 19.0. The minimum atomic E-state index is -0.566. The minimum Gasteiger partial charge on any atom is -0.497 e. The van der Waals surface area contributed by atoms with Crippen molar-refractivity contribution in [2.45, 2.75) is 30.4 Å². The average Bonchev–Trinajstić information content (AvgIpc) is 2.87. The smallest absolute Gasteiger partial charge is 0.119 e. The van der Waals surface area contributed by atoms with E-state index in [0.29, 0.717) is 12.3 Å². The molecule has 7 nitrogen and oxygen atoms in total. The van der Waals surface area contributed by atoms with Crippen LogP contribution in [-0.4, -0.2) is 69.4 Å². The van der Waals surface area contributed by atoms with Crippen LogP contribution in [-0.2, 0) is 0 Å². The number of methoxy groups -OCH3 is 1. The molecule has 3 atom stereocenters. The highest BCUT2D eigenvalue weighted by molar-refractivity contribution is 7.99. The van der Waals surface area contributed by atoms with Crippen LogP contribution in [0.15, 0.2) is 53.8 Å². The first-order valence-electron chi connectivity index (χ1n) is 11.5. The van der Waals surface area contributed by atoms with Crippen molar-refractivity contribution in [2.75, 3.05) is 39.1 Å². The van der Waals surface area contributed by atoms with Gasteiger partial charge in [0, 0.05) is 43.2 Å². The normalized spacial score (nSPS) is 20.1. The summed E-state index contributed by atoms with van der Waals surface area (Å²) in [7, 11) is 1.64. The Balaban J connectivity index is 1.30. The number of ether oxygens (including phenoxy) is 1. The van der Waals surface area contributed by atoms with Crippen LogP contribution in [0.1, 0.15) is 30.9 Å². The number of nitrogens with zero attached hydrogens (tertiary/aromatic N) is 4. The third-order valence-corrected chi connectivity index (χ3v) is 7.47. The maximum Gasteiger partial charge on any atom is 0.119 e. The average molecular weight is 469 g/mol. The first kappa shape index (κ1) is 23.9. The predicted octanol–water partition coefficient (Wildman–Crippen LogP) is 3.57. The Morgan fingerprint density at radius 2 is 2.12 bits per heavy atom. The molecule has 1 saturated heterocycles. The highest BCUT2D eigenvalue weighted by Gasteiger charge is 2.29. The number of aliphatic hydroxyl groups is 2. The second kappa shape index (κ2) is 11.7. The summed E-state index contributed by atoms with van der Waals surface area (Å²) in [6, 6.07) is 11.5. The first-order valence-corrected chi connectivity index (χ1v) is 12.5. The number of pyridine rings is 1. The molecule has 8 heteroatoms. The summed E-state index contributed by atoms with van der Waals surface area (Å²) in [5.74, 6) is 2.37. The number of aliphatic hydroxyl groups excluding tert-OH is 2. The molecule has 2 N–H and O–H groups in total. The molecule has 4 rings (SSSR count). The summed E-state index contributed by atoms with van der Waals surface area (Å²) < 4.78 is 5.35. The summed E-state index contributed by atoms with van der Waals surface area (Å²) in [6.07, 6.45) is 5.47. The predicted molar refractivity (Wildman–Crippen MR) is 130 cm³/mol. The van der Waals surface area contributed by atoms with Gasteiger partial charge in [-0.05, 0) is 79.6 Å². The van der Waals surface area contributed by atoms with Gasteiger partial charge < -0.3 is 19.8 Å². The number of fused-ring (bicyclic) bond motifs is 1. The third-order valence-electron chi connectivity index (χ3n) is 6.57. The molecule has 33 heavy (non-hydrogen) atoms. The number of hydrogen-bond acceptors (Lipinski definition) is 8. The molecule has 1 aromatic carbocycles. The quantitative estimate of drug-likeness (QED) is 0.437. The van der Waals surface area contributed by atoms with E-state index in [1.54, 1.807) is 31.3 Å². The lowest BCUT2D eigenvalue weighted by Gasteiger charge is -2.38. The van der Waals surface area contributed by atoms with Crippen molar-refractivity contribution in [2.24, 2.45) is 11.8 Å². The Morgan fingerprint density at radius 1 is 1.21 bits per heavy atom. The van der Waals surface area contributed by atoms with Gasteiger partial charge in [-0.3, -0.25) is 4.98 Å². The molecule has 1 aliphatic heterocycles. The summed E-state index contributed by atoms with van der Waals surface area (Å²) in [4.78, 5) is 6.84. The van der Waals surface area contributed by atoms with Gasteiger partial charge in [-0.1, -0.05) is 0 Å². The van der Waals surface area contributed by atoms with E-state index in [4.69, 9.17) is 4.74 Å². The van der Waals surface area contributed by atoms with Gasteiger partial charge in [0.25, 0.3) is 0 Å². The standard InChI is InChI=1S/C25H32N4O3S/c1-32-20-5-6-23-22(15-20)21(8-11-26-23)24(31)7-4-18-9-12-29(16-19(18)17-30)13-14-33-25-3-2-10-27-28-25/h2-3,5-6,8,10-11,15,18-19,24,30-31H,4,7,9,12-14,16-17H2,1H3/t18-,19-,24-/m1/s1. The third kappa shape index (κ3) is 6.20. The molecule has 0 bridgehead atoms. The summed E-state index contributed by atoms with van der Waals surface area (Å²) in [5, 5.41) is 30.9. The van der Waals surface area contributed by atoms with Crippen LogP contribution < -0.4 is 4.74 Å². The SMILES string of the molecule is COc1ccc2nccc([C@H](O)CC[C@@H]3CCN(CCSc4cccnn4)C[C@@H]3CO)c2c1. The van der Waals surface area contributed by atoms with Gasteiger partial charge in [0.2, 0.25) is 0 Å². The highest BCUT2D eigenvalue weighted by atomic mass is 32.2. The Labute approximate surface area is 199 Å². The van der Waals surface area contributed by atoms with Crippen molar-refractivity contribution in [1.82, 2.24) is 20.1 Å². The molecule has 2 aromatic heterocycles. The van der Waals surface area contributed by atoms with Gasteiger partial charge in [-0.2, -0.15) is 5.10 Å². The largest absolute Gasteiger partial charge is 0.497 e. The van der Waals surface area contributed by atoms with E-state index < -0.39 is 6.10 Å². The number of thioether (sulfide) groups is 1. The lowest BCUT2D eigenvalue weighted by molar-refractivity contribution is 0.0608. The van der Waals surface area contributed by atoms with Crippen molar-refractivity contribution >= 4 is 22.7 Å². The van der Waals surface area contributed by atoms with Crippen molar-refractivity contribution in [3.05, 3.63) is 54.4 Å². The van der Waals surface area contributed by atoms with Crippen LogP contribution in [0.3, 0.4) is 0 Å². The molecule has 1 fully saturated rings. The molecule has 0 aliphatic carbocycles. The Kier molecular flexibility index (Phi) is 8.50. The summed E-state index contributed by atoms with van der Waals surface area (Å²) >= 11 is 1.71. The fourth-order valence-corrected chi connectivity index (χ4v) is 5.52. The number of aromatic nitrogens is 3. The maximum atomic E-state index is 11.0. The lowest BCUT2D eigenvalue weighted by Crippen LogP contribution is -2.43. The van der Waals surface area contributed by atoms with E-state index in [0.717, 1.165) is 65.5 Å². The van der Waals surface area contributed by atoms with E-state index in [1.807, 2.05) is 36.4 Å². The molecule has 1 aliphatic rings. The number of piperidine rings is 1. The molecule has 0 saturated carbocycles. The topological polar surface area (TPSA) is 91.6 Å². The fourth-order valence-electron chi connectivity index (χ4n) is 4.68. The molecule has 176 valence electrons. The Morgan fingerprint density at radius 3 is 2.91 bits per heavy atom. The molecule has 0 unspecified atom stereocenters. The fraction of sp³-hybridized carbons (Fsp3) is 0.480. The van der Waals surface area contributed by atoms with Crippen LogP contribution in [0.4, 0.5) is 0 Å². The molecule has 0 radical (unpaired) electrons. The van der Waals surface area contributed by atoms with Crippen molar-refractivity contribution < 1.29 is 14.9 Å². The van der Waals surface area contributed by atoms with E-state index in [2.05, 4.69) is 20.1 Å². The summed E-state index contributed by atoms with van der Waals surface area (Å²) in [5.41, 5.74) is 1.74. The van der Waals surface area contributed by atoms with E-state index in [1.165, 1.54) is 0 Å². The van der Waals surface area contributed by atoms with Crippen LogP contribution in [0, 0.1) is 11.8 Å². The lowest BCUT2D eigenvalue weighted by atomic mass is 9.81. The van der Waals surface area contributed by atoms with E-state index in [-0.39, 0.29) is 12.5 Å². The van der Waals surface area contributed by atoms with Gasteiger partial charge in [0.1, 0.15) is 10.8 Å². The minimum absolute atomic E-state index is 0.184. The van der Waals surface area contributed by atoms with Gasteiger partial charge in [0.05, 0.1) is 18.7 Å². The zero-order valence-corrected chi connectivity index (χ0v) is 19.8. The van der Waals surface area contributed by atoms with Crippen molar-refractivity contribution in [3.8, 4) is 5.75 Å². The second-order valence-electron chi connectivity index (χ2n) is 8.58.